The van der Waals surface area contributed by atoms with E-state index in [4.69, 9.17) is 10.5 Å². The number of rotatable bonds is 9. The van der Waals surface area contributed by atoms with Crippen LogP contribution >= 0.6 is 23.5 Å². The van der Waals surface area contributed by atoms with Crippen LogP contribution in [-0.4, -0.2) is 39.8 Å². The second-order valence-corrected chi connectivity index (χ2v) is 9.87. The summed E-state index contributed by atoms with van der Waals surface area (Å²) in [5.74, 6) is -0.348. The van der Waals surface area contributed by atoms with Crippen molar-refractivity contribution in [1.82, 2.24) is 34.2 Å². The normalized spacial score (nSPS) is 23.0. The number of hydrogen-bond acceptors (Lipinski definition) is 16. The lowest BCUT2D eigenvalue weighted by Gasteiger charge is -2.37. The van der Waals surface area contributed by atoms with Gasteiger partial charge in [-0.25, -0.2) is 9.11 Å². The van der Waals surface area contributed by atoms with Crippen LogP contribution in [0.5, 0.6) is 0 Å². The SMILES string of the molecule is Nc1nc(=O)n([C@H]2C[C@H](O)[C@@H](COP(=O)([O-])OP(=O)([O-])OP(=O)([O-])[O-])O2)cc1C=O.[NH4+].[NH4+].[NH4+].[NH4+]. The van der Waals surface area contributed by atoms with Gasteiger partial charge in [0.05, 0.1) is 26.1 Å². The maximum Gasteiger partial charge on any atom is 0.351 e. The first-order chi connectivity index (χ1) is 13.6. The fraction of sp³-hybridized carbons (Fsp3) is 0.500. The summed E-state index contributed by atoms with van der Waals surface area (Å²) in [6.07, 6.45) is -3.09. The van der Waals surface area contributed by atoms with E-state index in [9.17, 15) is 48.0 Å². The van der Waals surface area contributed by atoms with Crippen molar-refractivity contribution in [3.05, 3.63) is 22.2 Å². The second-order valence-electron chi connectivity index (χ2n) is 5.62. The number of ether oxygens (including phenoxy) is 1. The molecule has 0 saturated carbocycles. The standard InChI is InChI=1S/C10H16N3O14P3.4H3N/c11-9-5(3-14)2-13(10(16)12-9)8-1-6(15)7(25-8)4-24-29(20,21)27-30(22,23)26-28(17,18)19;;;;/h2-3,6-8,15H,1,4H2,(H,20,21)(H,22,23)(H2,11,12,16)(H2,17,18,19);4*1H3/t6-,7+,8+;;;;/m0..../s1. The Kier molecular flexibility index (Phi) is 14.8. The molecule has 0 aliphatic carbocycles. The monoisotopic (exact) mass is 563 g/mol. The number of aliphatic hydroxyl groups is 1. The molecule has 19 N–H and O–H groups in total. The largest absolute Gasteiger partial charge is 0.790 e. The molecule has 2 unspecified atom stereocenters. The molecule has 0 aromatic carbocycles. The van der Waals surface area contributed by atoms with E-state index in [-0.39, 0.29) is 42.4 Å². The van der Waals surface area contributed by atoms with Gasteiger partial charge in [-0.15, -0.1) is 0 Å². The minimum absolute atomic E-state index is 0. The van der Waals surface area contributed by atoms with Crippen molar-refractivity contribution in [3.8, 4) is 0 Å². The molecule has 0 spiro atoms. The Balaban J connectivity index is -0.00000240. The first-order valence-corrected chi connectivity index (χ1v) is 11.9. The highest BCUT2D eigenvalue weighted by Gasteiger charge is 2.37. The number of aldehydes is 1. The third-order valence-corrected chi connectivity index (χ3v) is 7.11. The van der Waals surface area contributed by atoms with Crippen LogP contribution in [0.1, 0.15) is 23.0 Å². The Hall–Kier alpha value is -1.48. The van der Waals surface area contributed by atoms with Crippen LogP contribution in [0.25, 0.3) is 0 Å². The van der Waals surface area contributed by atoms with E-state index >= 15 is 0 Å². The molecule has 0 bridgehead atoms. The van der Waals surface area contributed by atoms with Crippen LogP contribution in [0, 0.1) is 0 Å². The number of carbonyl (C=O) groups is 1. The van der Waals surface area contributed by atoms with Crippen LogP contribution in [0.2, 0.25) is 0 Å². The number of aromatic nitrogens is 2. The Morgan fingerprint density at radius 1 is 1.15 bits per heavy atom. The fourth-order valence-corrected chi connectivity index (χ4v) is 5.14. The number of anilines is 1. The lowest BCUT2D eigenvalue weighted by Crippen LogP contribution is -2.29. The van der Waals surface area contributed by atoms with Gasteiger partial charge in [0.25, 0.3) is 15.6 Å². The van der Waals surface area contributed by atoms with Crippen LogP contribution < -0.4 is 55.6 Å². The fourth-order valence-electron chi connectivity index (χ4n) is 2.28. The van der Waals surface area contributed by atoms with Gasteiger partial charge >= 0.3 is 5.69 Å². The van der Waals surface area contributed by atoms with Crippen molar-refractivity contribution >= 4 is 35.6 Å². The number of phosphoric acid groups is 3. The zero-order valence-corrected chi connectivity index (χ0v) is 21.1. The molecule has 34 heavy (non-hydrogen) atoms. The average molecular weight is 563 g/mol. The molecular weight excluding hydrogens is 535 g/mol. The van der Waals surface area contributed by atoms with E-state index in [0.29, 0.717) is 6.29 Å². The van der Waals surface area contributed by atoms with Crippen LogP contribution in [-0.2, 0) is 31.6 Å². The summed E-state index contributed by atoms with van der Waals surface area (Å²) in [5.41, 5.74) is 4.27. The van der Waals surface area contributed by atoms with E-state index < -0.39 is 54.2 Å². The number of quaternary nitrogens is 4. The van der Waals surface area contributed by atoms with Crippen molar-refractivity contribution in [3.63, 3.8) is 0 Å². The zero-order valence-electron chi connectivity index (χ0n) is 18.4. The van der Waals surface area contributed by atoms with Crippen molar-refractivity contribution in [1.29, 1.82) is 0 Å². The first kappa shape index (κ1) is 37.1. The van der Waals surface area contributed by atoms with Gasteiger partial charge in [0.2, 0.25) is 0 Å². The number of aliphatic hydroxyl groups excluding tert-OH is 1. The highest BCUT2D eigenvalue weighted by molar-refractivity contribution is 7.64. The molecule has 2 heterocycles. The molecule has 202 valence electrons. The number of carbonyl (C=O) groups excluding carboxylic acids is 1. The first-order valence-electron chi connectivity index (χ1n) is 7.51. The van der Waals surface area contributed by atoms with E-state index in [2.05, 4.69) is 18.1 Å². The van der Waals surface area contributed by atoms with Gasteiger partial charge in [0.15, 0.2) is 6.29 Å². The molecule has 5 atom stereocenters. The molecule has 0 amide bonds. The molecule has 24 heteroatoms. The third kappa shape index (κ3) is 10.4. The highest BCUT2D eigenvalue weighted by atomic mass is 31.3. The van der Waals surface area contributed by atoms with Crippen molar-refractivity contribution < 1.29 is 61.1 Å². The minimum atomic E-state index is -6.13. The topological polar surface area (TPSA) is 425 Å². The summed E-state index contributed by atoms with van der Waals surface area (Å²) in [4.78, 5) is 69.3. The number of phosphoric ester groups is 1. The van der Waals surface area contributed by atoms with Gasteiger partial charge < -0.3 is 68.8 Å². The molecule has 2 rings (SSSR count). The quantitative estimate of drug-likeness (QED) is 0.135. The van der Waals surface area contributed by atoms with E-state index in [1.165, 1.54) is 0 Å². The smallest absolute Gasteiger partial charge is 0.351 e. The molecule has 1 saturated heterocycles. The summed E-state index contributed by atoms with van der Waals surface area (Å²) in [7, 11) is -18.1. The number of nitrogens with zero attached hydrogens (tertiary/aromatic N) is 2. The highest BCUT2D eigenvalue weighted by Crippen LogP contribution is 2.60. The Morgan fingerprint density at radius 2 is 1.71 bits per heavy atom. The Labute approximate surface area is 191 Å². The summed E-state index contributed by atoms with van der Waals surface area (Å²) >= 11 is 0. The van der Waals surface area contributed by atoms with E-state index in [0.717, 1.165) is 10.8 Å². The summed E-state index contributed by atoms with van der Waals surface area (Å²) in [6.45, 7) is -1.04. The molecule has 1 aromatic heterocycles. The predicted octanol–water partition coefficient (Wildman–Crippen LogP) is -2.39. The molecule has 1 fully saturated rings. The molecular formula is C10H28N7O14P3. The molecule has 1 aliphatic heterocycles. The Morgan fingerprint density at radius 3 is 2.21 bits per heavy atom. The van der Waals surface area contributed by atoms with Gasteiger partial charge in [-0.3, -0.25) is 22.8 Å². The van der Waals surface area contributed by atoms with Gasteiger partial charge in [-0.1, -0.05) is 0 Å². The average Bonchev–Trinajstić information content (AvgIpc) is 2.90. The van der Waals surface area contributed by atoms with Gasteiger partial charge in [0.1, 0.15) is 18.1 Å². The minimum Gasteiger partial charge on any atom is -0.790 e. The maximum absolute atomic E-state index is 11.9. The zero-order chi connectivity index (χ0) is 22.9. The van der Waals surface area contributed by atoms with Crippen LogP contribution in [0.4, 0.5) is 5.82 Å². The molecule has 1 aliphatic rings. The number of nitrogen functional groups attached to an aromatic ring is 1. The molecule has 0 radical (unpaired) electrons. The van der Waals surface area contributed by atoms with Crippen molar-refractivity contribution in [2.75, 3.05) is 12.3 Å². The van der Waals surface area contributed by atoms with E-state index in [1.807, 2.05) is 0 Å². The number of nitrogens with two attached hydrogens (primary N) is 1. The van der Waals surface area contributed by atoms with Gasteiger partial charge in [-0.05, 0) is 0 Å². The summed E-state index contributed by atoms with van der Waals surface area (Å²) in [5, 5.41) is 9.95. The molecule has 1 aromatic rings. The van der Waals surface area contributed by atoms with Gasteiger partial charge in [0, 0.05) is 12.6 Å². The van der Waals surface area contributed by atoms with Crippen molar-refractivity contribution in [2.45, 2.75) is 24.9 Å². The third-order valence-electron chi connectivity index (χ3n) is 3.45. The number of hydrogen-bond donors (Lipinski definition) is 6. The Bertz CT molecular complexity index is 1020. The summed E-state index contributed by atoms with van der Waals surface area (Å²) < 4.78 is 49.4. The second kappa shape index (κ2) is 13.6. The van der Waals surface area contributed by atoms with Gasteiger partial charge in [-0.2, -0.15) is 4.98 Å². The van der Waals surface area contributed by atoms with E-state index in [1.54, 1.807) is 0 Å². The predicted molar refractivity (Wildman–Crippen MR) is 108 cm³/mol. The summed E-state index contributed by atoms with van der Waals surface area (Å²) in [6, 6.07) is 0. The molecule has 21 nitrogen and oxygen atoms in total. The van der Waals surface area contributed by atoms with Crippen LogP contribution in [0.3, 0.4) is 0 Å². The van der Waals surface area contributed by atoms with Crippen LogP contribution in [0.15, 0.2) is 11.0 Å². The lowest BCUT2D eigenvalue weighted by atomic mass is 10.2. The maximum atomic E-state index is 11.9. The van der Waals surface area contributed by atoms with Crippen molar-refractivity contribution in [2.24, 2.45) is 0 Å². The lowest BCUT2D eigenvalue weighted by molar-refractivity contribution is -0.339.